The Hall–Kier alpha value is -0.0400. The summed E-state index contributed by atoms with van der Waals surface area (Å²) in [4.78, 5) is 0. The van der Waals surface area contributed by atoms with Gasteiger partial charge in [0.05, 0.1) is 6.10 Å². The Morgan fingerprint density at radius 2 is 2.08 bits per heavy atom. The van der Waals surface area contributed by atoms with Crippen LogP contribution in [0.25, 0.3) is 0 Å². The number of hydrogen-bond donors (Lipinski definition) is 0. The van der Waals surface area contributed by atoms with Crippen molar-refractivity contribution in [2.45, 2.75) is 51.6 Å². The molecule has 0 radical (unpaired) electrons. The molecular formula is C11H20O. The fourth-order valence-corrected chi connectivity index (χ4v) is 3.18. The molecule has 0 aliphatic heterocycles. The minimum atomic E-state index is 0.586. The summed E-state index contributed by atoms with van der Waals surface area (Å²) in [5, 5.41) is 0. The summed E-state index contributed by atoms with van der Waals surface area (Å²) in [6.07, 6.45) is 9.05. The van der Waals surface area contributed by atoms with E-state index in [0.717, 1.165) is 11.3 Å². The van der Waals surface area contributed by atoms with E-state index in [0.29, 0.717) is 6.10 Å². The summed E-state index contributed by atoms with van der Waals surface area (Å²) >= 11 is 0. The van der Waals surface area contributed by atoms with Crippen LogP contribution in [0.3, 0.4) is 0 Å². The van der Waals surface area contributed by atoms with E-state index in [4.69, 9.17) is 4.74 Å². The van der Waals surface area contributed by atoms with E-state index in [9.17, 15) is 0 Å². The molecule has 70 valence electrons. The highest BCUT2D eigenvalue weighted by atomic mass is 16.5. The minimum Gasteiger partial charge on any atom is -0.381 e. The van der Waals surface area contributed by atoms with Crippen molar-refractivity contribution in [2.75, 3.05) is 7.11 Å². The number of ether oxygens (including phenoxy) is 1. The number of rotatable bonds is 2. The lowest BCUT2D eigenvalue weighted by molar-refractivity contribution is 0.0306. The molecule has 0 N–H and O–H groups in total. The molecule has 2 aliphatic carbocycles. The molecule has 2 fully saturated rings. The normalized spacial score (nSPS) is 46.5. The number of hydrogen-bond acceptors (Lipinski definition) is 1. The summed E-state index contributed by atoms with van der Waals surface area (Å²) in [5.41, 5.74) is 0.737. The zero-order valence-corrected chi connectivity index (χ0v) is 8.31. The Balaban J connectivity index is 1.84. The molecule has 0 amide bonds. The molecule has 2 saturated carbocycles. The highest BCUT2D eigenvalue weighted by molar-refractivity contribution is 4.99. The van der Waals surface area contributed by atoms with Gasteiger partial charge in [0.25, 0.3) is 0 Å². The summed E-state index contributed by atoms with van der Waals surface area (Å²) in [5.74, 6) is 1.04. The Kier molecular flexibility index (Phi) is 2.16. The van der Waals surface area contributed by atoms with Crippen LogP contribution in [-0.2, 0) is 4.74 Å². The standard InChI is InChI=1S/C11H20O/c1-3-9-6-11(7-9)5-4-10(8-11)12-2/h9-10H,3-8H2,1-2H3. The molecule has 0 aromatic heterocycles. The SMILES string of the molecule is CCC1CC2(CCC(OC)C2)C1. The molecule has 0 aromatic rings. The van der Waals surface area contributed by atoms with Crippen molar-refractivity contribution in [3.8, 4) is 0 Å². The van der Waals surface area contributed by atoms with Gasteiger partial charge in [-0.05, 0) is 43.4 Å². The first-order chi connectivity index (χ1) is 5.78. The fourth-order valence-electron chi connectivity index (χ4n) is 3.18. The van der Waals surface area contributed by atoms with Crippen molar-refractivity contribution < 1.29 is 4.74 Å². The van der Waals surface area contributed by atoms with Gasteiger partial charge in [-0.3, -0.25) is 0 Å². The first-order valence-corrected chi connectivity index (χ1v) is 5.31. The van der Waals surface area contributed by atoms with Crippen molar-refractivity contribution in [1.82, 2.24) is 0 Å². The van der Waals surface area contributed by atoms with Gasteiger partial charge in [-0.2, -0.15) is 0 Å². The van der Waals surface area contributed by atoms with Crippen molar-refractivity contribution in [1.29, 1.82) is 0 Å². The maximum Gasteiger partial charge on any atom is 0.0576 e. The summed E-state index contributed by atoms with van der Waals surface area (Å²) < 4.78 is 5.41. The quantitative estimate of drug-likeness (QED) is 0.616. The second-order valence-electron chi connectivity index (χ2n) is 4.78. The lowest BCUT2D eigenvalue weighted by atomic mass is 9.60. The molecule has 1 atom stereocenters. The molecular weight excluding hydrogens is 148 g/mol. The molecule has 2 rings (SSSR count). The van der Waals surface area contributed by atoms with Crippen molar-refractivity contribution >= 4 is 0 Å². The monoisotopic (exact) mass is 168 g/mol. The lowest BCUT2D eigenvalue weighted by Crippen LogP contribution is -2.35. The minimum absolute atomic E-state index is 0.586. The second-order valence-corrected chi connectivity index (χ2v) is 4.78. The Morgan fingerprint density at radius 1 is 1.33 bits per heavy atom. The molecule has 1 heteroatoms. The van der Waals surface area contributed by atoms with E-state index in [-0.39, 0.29) is 0 Å². The lowest BCUT2D eigenvalue weighted by Gasteiger charge is -2.45. The van der Waals surface area contributed by atoms with Gasteiger partial charge < -0.3 is 4.74 Å². The van der Waals surface area contributed by atoms with Gasteiger partial charge in [-0.25, -0.2) is 0 Å². The van der Waals surface area contributed by atoms with Gasteiger partial charge in [-0.15, -0.1) is 0 Å². The van der Waals surface area contributed by atoms with Crippen molar-refractivity contribution in [2.24, 2.45) is 11.3 Å². The van der Waals surface area contributed by atoms with Crippen LogP contribution < -0.4 is 0 Å². The highest BCUT2D eigenvalue weighted by Crippen LogP contribution is 2.57. The van der Waals surface area contributed by atoms with Crippen LogP contribution in [0.2, 0.25) is 0 Å². The topological polar surface area (TPSA) is 9.23 Å². The summed E-state index contributed by atoms with van der Waals surface area (Å²) in [7, 11) is 1.86. The average Bonchev–Trinajstić information content (AvgIpc) is 2.45. The average molecular weight is 168 g/mol. The van der Waals surface area contributed by atoms with Gasteiger partial charge in [0.15, 0.2) is 0 Å². The van der Waals surface area contributed by atoms with Crippen LogP contribution in [0.15, 0.2) is 0 Å². The van der Waals surface area contributed by atoms with Gasteiger partial charge in [-0.1, -0.05) is 13.3 Å². The Labute approximate surface area is 75.5 Å². The maximum absolute atomic E-state index is 5.41. The molecule has 0 aromatic carbocycles. The van der Waals surface area contributed by atoms with Crippen molar-refractivity contribution in [3.63, 3.8) is 0 Å². The maximum atomic E-state index is 5.41. The van der Waals surface area contributed by atoms with E-state index < -0.39 is 0 Å². The third-order valence-corrected chi connectivity index (χ3v) is 4.01. The zero-order valence-electron chi connectivity index (χ0n) is 8.31. The van der Waals surface area contributed by atoms with E-state index in [1.807, 2.05) is 7.11 Å². The van der Waals surface area contributed by atoms with Gasteiger partial charge in [0.1, 0.15) is 0 Å². The van der Waals surface area contributed by atoms with Crippen LogP contribution >= 0.6 is 0 Å². The summed E-state index contributed by atoms with van der Waals surface area (Å²) in [6.45, 7) is 2.32. The molecule has 1 nitrogen and oxygen atoms in total. The van der Waals surface area contributed by atoms with Crippen LogP contribution in [0.4, 0.5) is 0 Å². The predicted molar refractivity (Wildman–Crippen MR) is 50.1 cm³/mol. The largest absolute Gasteiger partial charge is 0.381 e. The fraction of sp³-hybridized carbons (Fsp3) is 1.00. The van der Waals surface area contributed by atoms with Crippen LogP contribution in [0.5, 0.6) is 0 Å². The van der Waals surface area contributed by atoms with Crippen LogP contribution in [0.1, 0.15) is 45.4 Å². The van der Waals surface area contributed by atoms with Crippen LogP contribution in [0, 0.1) is 11.3 Å². The predicted octanol–water partition coefficient (Wildman–Crippen LogP) is 2.99. The zero-order chi connectivity index (χ0) is 8.60. The molecule has 12 heavy (non-hydrogen) atoms. The highest BCUT2D eigenvalue weighted by Gasteiger charge is 2.47. The third-order valence-electron chi connectivity index (χ3n) is 4.01. The van der Waals surface area contributed by atoms with Gasteiger partial charge in [0, 0.05) is 7.11 Å². The first kappa shape index (κ1) is 8.55. The Bertz CT molecular complexity index is 158. The molecule has 0 bridgehead atoms. The first-order valence-electron chi connectivity index (χ1n) is 5.31. The molecule has 1 unspecified atom stereocenters. The van der Waals surface area contributed by atoms with Crippen molar-refractivity contribution in [3.05, 3.63) is 0 Å². The molecule has 0 saturated heterocycles. The number of methoxy groups -OCH3 is 1. The molecule has 1 spiro atoms. The van der Waals surface area contributed by atoms with Crippen LogP contribution in [-0.4, -0.2) is 13.2 Å². The van der Waals surface area contributed by atoms with Gasteiger partial charge in [0.2, 0.25) is 0 Å². The smallest absolute Gasteiger partial charge is 0.0576 e. The third kappa shape index (κ3) is 1.28. The molecule has 2 aliphatic rings. The Morgan fingerprint density at radius 3 is 2.58 bits per heavy atom. The van der Waals surface area contributed by atoms with E-state index in [2.05, 4.69) is 6.92 Å². The van der Waals surface area contributed by atoms with Gasteiger partial charge >= 0.3 is 0 Å². The van der Waals surface area contributed by atoms with E-state index >= 15 is 0 Å². The second kappa shape index (κ2) is 3.02. The van der Waals surface area contributed by atoms with E-state index in [1.165, 1.54) is 38.5 Å². The molecule has 0 heterocycles. The van der Waals surface area contributed by atoms with E-state index in [1.54, 1.807) is 0 Å². The summed E-state index contributed by atoms with van der Waals surface area (Å²) in [6, 6.07) is 0.